The summed E-state index contributed by atoms with van der Waals surface area (Å²) >= 11 is 0. The zero-order valence-corrected chi connectivity index (χ0v) is 5.48. The summed E-state index contributed by atoms with van der Waals surface area (Å²) in [4.78, 5) is 0. The van der Waals surface area contributed by atoms with Gasteiger partial charge in [0, 0.05) is 12.2 Å². The van der Waals surface area contributed by atoms with E-state index in [9.17, 15) is 0 Å². The Bertz CT molecular complexity index is 147. The molecule has 0 saturated carbocycles. The molecule has 2 heteroatoms. The predicted octanol–water partition coefficient (Wildman–Crippen LogP) is 0.378. The molecule has 0 fully saturated rings. The monoisotopic (exact) mass is 124 g/mol. The second-order valence-corrected chi connectivity index (χ2v) is 2.18. The van der Waals surface area contributed by atoms with Crippen molar-refractivity contribution < 1.29 is 0 Å². The minimum absolute atomic E-state index is 0.821. The minimum atomic E-state index is 0.821. The fourth-order valence-electron chi connectivity index (χ4n) is 0.953. The molecule has 1 aliphatic rings. The Balaban J connectivity index is 2.70. The van der Waals surface area contributed by atoms with Gasteiger partial charge in [0.25, 0.3) is 0 Å². The molecule has 0 aromatic carbocycles. The van der Waals surface area contributed by atoms with Crippen LogP contribution in [0.2, 0.25) is 0 Å². The first kappa shape index (κ1) is 6.36. The molecule has 0 unspecified atom stereocenters. The third-order valence-electron chi connectivity index (χ3n) is 1.55. The molecule has 3 N–H and O–H groups in total. The van der Waals surface area contributed by atoms with Gasteiger partial charge in [-0.3, -0.25) is 0 Å². The van der Waals surface area contributed by atoms with Crippen molar-refractivity contribution in [1.29, 1.82) is 0 Å². The zero-order valence-electron chi connectivity index (χ0n) is 5.48. The number of rotatable bonds is 1. The van der Waals surface area contributed by atoms with Gasteiger partial charge in [-0.1, -0.05) is 12.7 Å². The molecule has 1 aliphatic heterocycles. The van der Waals surface area contributed by atoms with E-state index in [4.69, 9.17) is 5.73 Å². The van der Waals surface area contributed by atoms with Crippen molar-refractivity contribution in [2.24, 2.45) is 5.73 Å². The molecule has 0 spiro atoms. The van der Waals surface area contributed by atoms with E-state index in [-0.39, 0.29) is 0 Å². The van der Waals surface area contributed by atoms with E-state index >= 15 is 0 Å². The maximum atomic E-state index is 5.64. The lowest BCUT2D eigenvalue weighted by molar-refractivity contribution is 0.681. The molecule has 0 aromatic heterocycles. The summed E-state index contributed by atoms with van der Waals surface area (Å²) in [6.45, 7) is 5.52. The number of hydrogen-bond donors (Lipinski definition) is 2. The summed E-state index contributed by atoms with van der Waals surface area (Å²) in [7, 11) is 0. The maximum Gasteiger partial charge on any atom is 0.0354 e. The van der Waals surface area contributed by atoms with Crippen LogP contribution in [0.5, 0.6) is 0 Å². The lowest BCUT2D eigenvalue weighted by atomic mass is 10.1. The lowest BCUT2D eigenvalue weighted by Gasteiger charge is -2.14. The van der Waals surface area contributed by atoms with Crippen LogP contribution in [0.1, 0.15) is 6.42 Å². The smallest absolute Gasteiger partial charge is 0.0354 e. The fourth-order valence-corrected chi connectivity index (χ4v) is 0.953. The van der Waals surface area contributed by atoms with E-state index in [1.165, 1.54) is 5.57 Å². The molecule has 9 heavy (non-hydrogen) atoms. The quantitative estimate of drug-likeness (QED) is 0.530. The van der Waals surface area contributed by atoms with Gasteiger partial charge in [0.05, 0.1) is 0 Å². The molecule has 0 bridgehead atoms. The molecule has 1 rings (SSSR count). The van der Waals surface area contributed by atoms with E-state index in [2.05, 4.69) is 11.9 Å². The molecule has 50 valence electrons. The van der Waals surface area contributed by atoms with Crippen molar-refractivity contribution in [1.82, 2.24) is 5.32 Å². The Morgan fingerprint density at radius 2 is 2.44 bits per heavy atom. The number of allylic oxidation sites excluding steroid dienone is 1. The molecular weight excluding hydrogens is 112 g/mol. The van der Waals surface area contributed by atoms with Crippen LogP contribution in [-0.4, -0.2) is 13.1 Å². The summed E-state index contributed by atoms with van der Waals surface area (Å²) in [5.41, 5.74) is 7.78. The second-order valence-electron chi connectivity index (χ2n) is 2.18. The van der Waals surface area contributed by atoms with Gasteiger partial charge >= 0.3 is 0 Å². The van der Waals surface area contributed by atoms with Gasteiger partial charge < -0.3 is 11.1 Å². The third kappa shape index (κ3) is 1.33. The molecule has 0 aliphatic carbocycles. The van der Waals surface area contributed by atoms with Crippen LogP contribution in [-0.2, 0) is 0 Å². The number of nitrogens with two attached hydrogens (primary N) is 1. The molecular formula is C7H12N2. The van der Waals surface area contributed by atoms with Gasteiger partial charge in [0.1, 0.15) is 0 Å². The maximum absolute atomic E-state index is 5.64. The molecule has 0 saturated heterocycles. The zero-order chi connectivity index (χ0) is 6.69. The van der Waals surface area contributed by atoms with Crippen molar-refractivity contribution in [2.45, 2.75) is 6.42 Å². The average Bonchev–Trinajstić information content (AvgIpc) is 1.89. The van der Waals surface area contributed by atoms with Gasteiger partial charge in [0.2, 0.25) is 0 Å². The number of hydrogen-bond acceptors (Lipinski definition) is 2. The molecule has 0 radical (unpaired) electrons. The molecule has 0 aromatic rings. The second kappa shape index (κ2) is 2.69. The van der Waals surface area contributed by atoms with Crippen LogP contribution < -0.4 is 11.1 Å². The first-order chi connectivity index (χ1) is 4.34. The molecule has 0 atom stereocenters. The van der Waals surface area contributed by atoms with Gasteiger partial charge in [0.15, 0.2) is 0 Å². The van der Waals surface area contributed by atoms with Crippen molar-refractivity contribution in [3.63, 3.8) is 0 Å². The van der Waals surface area contributed by atoms with Gasteiger partial charge in [-0.2, -0.15) is 0 Å². The van der Waals surface area contributed by atoms with Gasteiger partial charge in [-0.25, -0.2) is 0 Å². The van der Waals surface area contributed by atoms with Crippen LogP contribution >= 0.6 is 0 Å². The van der Waals surface area contributed by atoms with Gasteiger partial charge in [-0.05, 0) is 18.5 Å². The highest BCUT2D eigenvalue weighted by atomic mass is 14.9. The van der Waals surface area contributed by atoms with E-state index in [0.717, 1.165) is 25.2 Å². The Morgan fingerprint density at radius 3 is 2.89 bits per heavy atom. The van der Waals surface area contributed by atoms with E-state index in [0.29, 0.717) is 0 Å². The van der Waals surface area contributed by atoms with Crippen LogP contribution in [0.25, 0.3) is 0 Å². The predicted molar refractivity (Wildman–Crippen MR) is 38.9 cm³/mol. The van der Waals surface area contributed by atoms with Gasteiger partial charge in [-0.15, -0.1) is 0 Å². The fraction of sp³-hybridized carbons (Fsp3) is 0.429. The Labute approximate surface area is 55.4 Å². The summed E-state index contributed by atoms with van der Waals surface area (Å²) in [5.74, 6) is 0. The average molecular weight is 124 g/mol. The lowest BCUT2D eigenvalue weighted by Crippen LogP contribution is -2.28. The highest BCUT2D eigenvalue weighted by Crippen LogP contribution is 2.07. The standard InChI is InChI=1S/C7H12N2/c1-2-6-3-4-9-5-7(6)8/h2,9H,1,3-5,8H2. The first-order valence-electron chi connectivity index (χ1n) is 3.15. The largest absolute Gasteiger partial charge is 0.401 e. The summed E-state index contributed by atoms with van der Waals surface area (Å²) in [6, 6.07) is 0. The topological polar surface area (TPSA) is 38.0 Å². The van der Waals surface area contributed by atoms with Crippen LogP contribution in [0, 0.1) is 0 Å². The Morgan fingerprint density at radius 1 is 1.67 bits per heavy atom. The summed E-state index contributed by atoms with van der Waals surface area (Å²) in [6.07, 6.45) is 2.87. The van der Waals surface area contributed by atoms with Crippen LogP contribution in [0.15, 0.2) is 23.9 Å². The molecule has 0 amide bonds. The summed E-state index contributed by atoms with van der Waals surface area (Å²) in [5, 5.41) is 3.17. The van der Waals surface area contributed by atoms with Crippen LogP contribution in [0.4, 0.5) is 0 Å². The SMILES string of the molecule is C=CC1=C(N)CNCC1. The van der Waals surface area contributed by atoms with E-state index < -0.39 is 0 Å². The van der Waals surface area contributed by atoms with Crippen molar-refractivity contribution in [2.75, 3.05) is 13.1 Å². The molecule has 1 heterocycles. The first-order valence-corrected chi connectivity index (χ1v) is 3.15. The van der Waals surface area contributed by atoms with Crippen molar-refractivity contribution in [3.05, 3.63) is 23.9 Å². The van der Waals surface area contributed by atoms with Crippen molar-refractivity contribution >= 4 is 0 Å². The third-order valence-corrected chi connectivity index (χ3v) is 1.55. The van der Waals surface area contributed by atoms with E-state index in [1.807, 2.05) is 6.08 Å². The minimum Gasteiger partial charge on any atom is -0.401 e. The molecule has 2 nitrogen and oxygen atoms in total. The Hall–Kier alpha value is -0.760. The normalized spacial score (nSPS) is 20.0. The number of nitrogens with one attached hydrogen (secondary N) is 1. The highest BCUT2D eigenvalue weighted by Gasteiger charge is 2.04. The van der Waals surface area contributed by atoms with Crippen LogP contribution in [0.3, 0.4) is 0 Å². The highest BCUT2D eigenvalue weighted by molar-refractivity contribution is 5.25. The summed E-state index contributed by atoms with van der Waals surface area (Å²) < 4.78 is 0. The Kier molecular flexibility index (Phi) is 1.90. The van der Waals surface area contributed by atoms with Crippen molar-refractivity contribution in [3.8, 4) is 0 Å². The van der Waals surface area contributed by atoms with E-state index in [1.54, 1.807) is 0 Å².